The molecule has 2 nitrogen and oxygen atoms in total. The van der Waals surface area contributed by atoms with Gasteiger partial charge in [-0.05, 0) is 37.0 Å². The number of rotatable bonds is 3. The molecule has 0 spiro atoms. The Kier molecular flexibility index (Phi) is 2.56. The van der Waals surface area contributed by atoms with E-state index in [2.05, 4.69) is 0 Å². The Morgan fingerprint density at radius 1 is 1.15 bits per heavy atom. The molecule has 2 aliphatic rings. The van der Waals surface area contributed by atoms with E-state index in [1.54, 1.807) is 0 Å². The standard InChI is InChI=1S/C11H18O2/c12-11(13)7-6-10-8-2-1-3-9(10)5-4-8/h8-10H,1-7H2,(H,12,13). The zero-order valence-electron chi connectivity index (χ0n) is 8.04. The van der Waals surface area contributed by atoms with Crippen molar-refractivity contribution in [3.8, 4) is 0 Å². The molecule has 0 radical (unpaired) electrons. The first kappa shape index (κ1) is 9.04. The van der Waals surface area contributed by atoms with Gasteiger partial charge in [-0.25, -0.2) is 0 Å². The predicted molar refractivity (Wildman–Crippen MR) is 50.4 cm³/mol. The summed E-state index contributed by atoms with van der Waals surface area (Å²) >= 11 is 0. The maximum atomic E-state index is 10.5. The lowest BCUT2D eigenvalue weighted by atomic mass is 9.76. The van der Waals surface area contributed by atoms with Crippen LogP contribution in [0.2, 0.25) is 0 Å². The molecule has 13 heavy (non-hydrogen) atoms. The summed E-state index contributed by atoms with van der Waals surface area (Å²) in [6, 6.07) is 0. The van der Waals surface area contributed by atoms with Crippen molar-refractivity contribution in [1.82, 2.24) is 0 Å². The Hall–Kier alpha value is -0.530. The highest BCUT2D eigenvalue weighted by Gasteiger charge is 2.38. The van der Waals surface area contributed by atoms with Gasteiger partial charge in [0.1, 0.15) is 0 Å². The summed E-state index contributed by atoms with van der Waals surface area (Å²) in [5, 5.41) is 8.64. The number of carboxylic acid groups (broad SMARTS) is 1. The van der Waals surface area contributed by atoms with E-state index in [0.717, 1.165) is 24.2 Å². The van der Waals surface area contributed by atoms with Crippen LogP contribution in [0.3, 0.4) is 0 Å². The normalized spacial score (nSPS) is 37.7. The van der Waals surface area contributed by atoms with Gasteiger partial charge in [0.2, 0.25) is 0 Å². The third kappa shape index (κ3) is 1.87. The van der Waals surface area contributed by atoms with Crippen LogP contribution in [0.5, 0.6) is 0 Å². The Bertz CT molecular complexity index is 184. The van der Waals surface area contributed by atoms with Gasteiger partial charge in [0.25, 0.3) is 0 Å². The average molecular weight is 182 g/mol. The predicted octanol–water partition coefficient (Wildman–Crippen LogP) is 2.68. The van der Waals surface area contributed by atoms with Gasteiger partial charge in [-0.1, -0.05) is 19.3 Å². The van der Waals surface area contributed by atoms with Crippen LogP contribution in [0, 0.1) is 17.8 Å². The number of hydrogen-bond donors (Lipinski definition) is 1. The fourth-order valence-electron chi connectivity index (χ4n) is 3.36. The van der Waals surface area contributed by atoms with E-state index < -0.39 is 5.97 Å². The minimum atomic E-state index is -0.620. The topological polar surface area (TPSA) is 37.3 Å². The van der Waals surface area contributed by atoms with E-state index >= 15 is 0 Å². The quantitative estimate of drug-likeness (QED) is 0.728. The van der Waals surface area contributed by atoms with Crippen molar-refractivity contribution in [2.75, 3.05) is 0 Å². The van der Waals surface area contributed by atoms with Gasteiger partial charge < -0.3 is 5.11 Å². The first-order valence-electron chi connectivity index (χ1n) is 5.49. The third-order valence-electron chi connectivity index (χ3n) is 3.96. The van der Waals surface area contributed by atoms with E-state index in [-0.39, 0.29) is 0 Å². The smallest absolute Gasteiger partial charge is 0.303 e. The van der Waals surface area contributed by atoms with Crippen molar-refractivity contribution in [3.63, 3.8) is 0 Å². The van der Waals surface area contributed by atoms with Gasteiger partial charge >= 0.3 is 5.97 Å². The van der Waals surface area contributed by atoms with Crippen LogP contribution in [-0.4, -0.2) is 11.1 Å². The van der Waals surface area contributed by atoms with Crippen molar-refractivity contribution in [2.24, 2.45) is 17.8 Å². The first-order chi connectivity index (χ1) is 6.27. The molecule has 2 atom stereocenters. The highest BCUT2D eigenvalue weighted by molar-refractivity contribution is 5.66. The monoisotopic (exact) mass is 182 g/mol. The Morgan fingerprint density at radius 2 is 1.77 bits per heavy atom. The second kappa shape index (κ2) is 3.69. The fraction of sp³-hybridized carbons (Fsp3) is 0.909. The molecular weight excluding hydrogens is 164 g/mol. The second-order valence-corrected chi connectivity index (χ2v) is 4.62. The molecule has 2 fully saturated rings. The van der Waals surface area contributed by atoms with Crippen molar-refractivity contribution >= 4 is 5.97 Å². The van der Waals surface area contributed by atoms with E-state index in [9.17, 15) is 4.79 Å². The molecule has 2 saturated carbocycles. The summed E-state index contributed by atoms with van der Waals surface area (Å²) in [7, 11) is 0. The molecule has 0 aromatic carbocycles. The summed E-state index contributed by atoms with van der Waals surface area (Å²) in [6.45, 7) is 0. The molecule has 74 valence electrons. The van der Waals surface area contributed by atoms with Crippen molar-refractivity contribution in [1.29, 1.82) is 0 Å². The van der Waals surface area contributed by atoms with E-state index in [4.69, 9.17) is 5.11 Å². The van der Waals surface area contributed by atoms with E-state index in [1.165, 1.54) is 32.1 Å². The number of hydrogen-bond acceptors (Lipinski definition) is 1. The number of aliphatic carboxylic acids is 1. The van der Waals surface area contributed by atoms with Crippen LogP contribution < -0.4 is 0 Å². The molecule has 0 amide bonds. The molecule has 2 bridgehead atoms. The summed E-state index contributed by atoms with van der Waals surface area (Å²) in [5.41, 5.74) is 0. The maximum absolute atomic E-state index is 10.5. The van der Waals surface area contributed by atoms with Crippen LogP contribution in [0.15, 0.2) is 0 Å². The van der Waals surface area contributed by atoms with Gasteiger partial charge in [0.05, 0.1) is 0 Å². The maximum Gasteiger partial charge on any atom is 0.303 e. The lowest BCUT2D eigenvalue weighted by Crippen LogP contribution is -2.21. The molecule has 0 saturated heterocycles. The minimum absolute atomic E-state index is 0.387. The summed E-state index contributed by atoms with van der Waals surface area (Å²) in [6.07, 6.45) is 8.17. The van der Waals surface area contributed by atoms with Gasteiger partial charge in [-0.3, -0.25) is 4.79 Å². The average Bonchev–Trinajstić information content (AvgIpc) is 2.34. The highest BCUT2D eigenvalue weighted by atomic mass is 16.4. The Labute approximate surface area is 79.3 Å². The van der Waals surface area contributed by atoms with Crippen LogP contribution in [0.1, 0.15) is 44.9 Å². The van der Waals surface area contributed by atoms with Crippen molar-refractivity contribution < 1.29 is 9.90 Å². The summed E-state index contributed by atoms with van der Waals surface area (Å²) in [5.74, 6) is 1.88. The van der Waals surface area contributed by atoms with Crippen molar-refractivity contribution in [2.45, 2.75) is 44.9 Å². The molecule has 2 aliphatic carbocycles. The Morgan fingerprint density at radius 3 is 2.31 bits per heavy atom. The summed E-state index contributed by atoms with van der Waals surface area (Å²) < 4.78 is 0. The number of carboxylic acids is 1. The number of carbonyl (C=O) groups is 1. The lowest BCUT2D eigenvalue weighted by molar-refractivity contribution is -0.137. The molecule has 2 rings (SSSR count). The zero-order chi connectivity index (χ0) is 9.26. The zero-order valence-corrected chi connectivity index (χ0v) is 8.04. The van der Waals surface area contributed by atoms with E-state index in [0.29, 0.717) is 6.42 Å². The van der Waals surface area contributed by atoms with Crippen LogP contribution in [0.4, 0.5) is 0 Å². The Balaban J connectivity index is 1.88. The SMILES string of the molecule is O=C(O)CCC1C2CCCC1CC2. The van der Waals surface area contributed by atoms with Crippen LogP contribution in [0.25, 0.3) is 0 Å². The second-order valence-electron chi connectivity index (χ2n) is 4.62. The van der Waals surface area contributed by atoms with Gasteiger partial charge in [0.15, 0.2) is 0 Å². The molecule has 0 aromatic rings. The first-order valence-corrected chi connectivity index (χ1v) is 5.49. The molecular formula is C11H18O2. The molecule has 0 heterocycles. The van der Waals surface area contributed by atoms with E-state index in [1.807, 2.05) is 0 Å². The lowest BCUT2D eigenvalue weighted by Gasteiger charge is -2.29. The van der Waals surface area contributed by atoms with Crippen LogP contribution >= 0.6 is 0 Å². The molecule has 2 heteroatoms. The third-order valence-corrected chi connectivity index (χ3v) is 3.96. The fourth-order valence-corrected chi connectivity index (χ4v) is 3.36. The van der Waals surface area contributed by atoms with Gasteiger partial charge in [0, 0.05) is 6.42 Å². The van der Waals surface area contributed by atoms with Crippen molar-refractivity contribution in [3.05, 3.63) is 0 Å². The molecule has 2 unspecified atom stereocenters. The highest BCUT2D eigenvalue weighted by Crippen LogP contribution is 2.48. The molecule has 0 aromatic heterocycles. The summed E-state index contributed by atoms with van der Waals surface area (Å²) in [4.78, 5) is 10.5. The van der Waals surface area contributed by atoms with Gasteiger partial charge in [-0.15, -0.1) is 0 Å². The minimum Gasteiger partial charge on any atom is -0.481 e. The molecule has 0 aliphatic heterocycles. The number of fused-ring (bicyclic) bond motifs is 2. The molecule has 1 N–H and O–H groups in total. The van der Waals surface area contributed by atoms with Gasteiger partial charge in [-0.2, -0.15) is 0 Å². The van der Waals surface area contributed by atoms with Crippen LogP contribution in [-0.2, 0) is 4.79 Å². The largest absolute Gasteiger partial charge is 0.481 e.